The third-order valence-corrected chi connectivity index (χ3v) is 2.19. The van der Waals surface area contributed by atoms with E-state index in [0.29, 0.717) is 12.0 Å². The third kappa shape index (κ3) is 1.17. The van der Waals surface area contributed by atoms with Crippen LogP contribution in [0.3, 0.4) is 0 Å². The van der Waals surface area contributed by atoms with Crippen LogP contribution in [-0.2, 0) is 6.42 Å². The highest BCUT2D eigenvalue weighted by molar-refractivity contribution is 6.04. The third-order valence-electron chi connectivity index (χ3n) is 2.19. The van der Waals surface area contributed by atoms with Crippen molar-refractivity contribution in [1.82, 2.24) is 0 Å². The fourth-order valence-corrected chi connectivity index (χ4v) is 1.57. The Morgan fingerprint density at radius 1 is 1.46 bits per heavy atom. The Balaban J connectivity index is 2.43. The van der Waals surface area contributed by atoms with Gasteiger partial charge in [0.2, 0.25) is 0 Å². The van der Waals surface area contributed by atoms with E-state index in [1.54, 1.807) is 6.07 Å². The second kappa shape index (κ2) is 2.92. The Bertz CT molecular complexity index is 407. The smallest absolute Gasteiger partial charge is 0.172 e. The van der Waals surface area contributed by atoms with E-state index in [4.69, 9.17) is 5.53 Å². The molecule has 0 N–H and O–H groups in total. The van der Waals surface area contributed by atoms with Gasteiger partial charge in [-0.2, -0.15) is 0 Å². The van der Waals surface area contributed by atoms with Crippen molar-refractivity contribution in [2.45, 2.75) is 12.5 Å². The molecule has 0 saturated heterocycles. The molecule has 0 amide bonds. The number of azide groups is 1. The van der Waals surface area contributed by atoms with E-state index in [1.165, 1.54) is 0 Å². The summed E-state index contributed by atoms with van der Waals surface area (Å²) in [6.45, 7) is 0. The molecule has 64 valence electrons. The molecule has 1 aliphatic rings. The van der Waals surface area contributed by atoms with E-state index in [-0.39, 0.29) is 5.78 Å². The first kappa shape index (κ1) is 7.83. The fourth-order valence-electron chi connectivity index (χ4n) is 1.57. The van der Waals surface area contributed by atoms with E-state index < -0.39 is 6.04 Å². The van der Waals surface area contributed by atoms with Crippen molar-refractivity contribution in [3.05, 3.63) is 45.8 Å². The van der Waals surface area contributed by atoms with Gasteiger partial charge in [-0.25, -0.2) is 0 Å². The number of carbonyl (C=O) groups excluding carboxylic acids is 1. The van der Waals surface area contributed by atoms with Crippen LogP contribution >= 0.6 is 0 Å². The van der Waals surface area contributed by atoms with Crippen molar-refractivity contribution < 1.29 is 4.79 Å². The van der Waals surface area contributed by atoms with Crippen molar-refractivity contribution in [3.63, 3.8) is 0 Å². The monoisotopic (exact) mass is 173 g/mol. The molecule has 0 radical (unpaired) electrons. The molecule has 4 nitrogen and oxygen atoms in total. The Hall–Kier alpha value is -1.80. The van der Waals surface area contributed by atoms with E-state index >= 15 is 0 Å². The largest absolute Gasteiger partial charge is 0.294 e. The number of benzene rings is 1. The highest BCUT2D eigenvalue weighted by Gasteiger charge is 2.28. The summed E-state index contributed by atoms with van der Waals surface area (Å²) < 4.78 is 0. The summed E-state index contributed by atoms with van der Waals surface area (Å²) in [4.78, 5) is 14.2. The second-order valence-electron chi connectivity index (χ2n) is 2.95. The maximum absolute atomic E-state index is 11.5. The van der Waals surface area contributed by atoms with Crippen LogP contribution in [-0.4, -0.2) is 11.8 Å². The van der Waals surface area contributed by atoms with Crippen molar-refractivity contribution >= 4 is 5.78 Å². The van der Waals surface area contributed by atoms with Crippen molar-refractivity contribution in [1.29, 1.82) is 0 Å². The van der Waals surface area contributed by atoms with Gasteiger partial charge >= 0.3 is 0 Å². The van der Waals surface area contributed by atoms with Gasteiger partial charge in [0.15, 0.2) is 5.78 Å². The van der Waals surface area contributed by atoms with E-state index in [2.05, 4.69) is 10.0 Å². The average molecular weight is 173 g/mol. The van der Waals surface area contributed by atoms with Gasteiger partial charge in [0.25, 0.3) is 0 Å². The number of fused-ring (bicyclic) bond motifs is 1. The Kier molecular flexibility index (Phi) is 1.76. The van der Waals surface area contributed by atoms with Crippen LogP contribution in [0, 0.1) is 0 Å². The molecule has 0 spiro atoms. The van der Waals surface area contributed by atoms with Crippen LogP contribution in [0.15, 0.2) is 29.4 Å². The molecule has 4 heteroatoms. The van der Waals surface area contributed by atoms with Gasteiger partial charge in [0.05, 0.1) is 0 Å². The van der Waals surface area contributed by atoms with Crippen LogP contribution in [0.2, 0.25) is 0 Å². The average Bonchev–Trinajstić information content (AvgIpc) is 2.46. The summed E-state index contributed by atoms with van der Waals surface area (Å²) in [6.07, 6.45) is 0.541. The van der Waals surface area contributed by atoms with Crippen molar-refractivity contribution in [3.8, 4) is 0 Å². The molecule has 0 aliphatic heterocycles. The van der Waals surface area contributed by atoms with Gasteiger partial charge in [-0.3, -0.25) is 4.79 Å². The van der Waals surface area contributed by atoms with Gasteiger partial charge in [-0.1, -0.05) is 29.4 Å². The van der Waals surface area contributed by atoms with E-state index in [0.717, 1.165) is 5.56 Å². The molecular weight excluding hydrogens is 166 g/mol. The summed E-state index contributed by atoms with van der Waals surface area (Å²) in [5, 5.41) is 3.45. The van der Waals surface area contributed by atoms with Crippen LogP contribution in [0.25, 0.3) is 10.4 Å². The molecular formula is C9H7N3O. The minimum atomic E-state index is -0.526. The molecule has 0 aromatic heterocycles. The van der Waals surface area contributed by atoms with Gasteiger partial charge in [-0.05, 0) is 17.5 Å². The molecule has 0 fully saturated rings. The number of nitrogens with zero attached hydrogens (tertiary/aromatic N) is 3. The number of hydrogen-bond acceptors (Lipinski definition) is 2. The Morgan fingerprint density at radius 3 is 2.92 bits per heavy atom. The van der Waals surface area contributed by atoms with Gasteiger partial charge in [0.1, 0.15) is 6.04 Å². The van der Waals surface area contributed by atoms with Crippen molar-refractivity contribution in [2.75, 3.05) is 0 Å². The van der Waals surface area contributed by atoms with E-state index in [9.17, 15) is 4.79 Å². The molecule has 1 aromatic rings. The molecule has 1 aromatic carbocycles. The topological polar surface area (TPSA) is 65.8 Å². The highest BCUT2D eigenvalue weighted by atomic mass is 16.1. The number of hydrogen-bond donors (Lipinski definition) is 0. The predicted octanol–water partition coefficient (Wildman–Crippen LogP) is 2.10. The lowest BCUT2D eigenvalue weighted by molar-refractivity contribution is 0.0975. The molecule has 1 atom stereocenters. The lowest BCUT2D eigenvalue weighted by atomic mass is 10.1. The zero-order valence-electron chi connectivity index (χ0n) is 6.84. The fraction of sp³-hybridized carbons (Fsp3) is 0.222. The minimum absolute atomic E-state index is 0.0617. The highest BCUT2D eigenvalue weighted by Crippen LogP contribution is 2.23. The van der Waals surface area contributed by atoms with Crippen LogP contribution in [0.5, 0.6) is 0 Å². The zero-order chi connectivity index (χ0) is 9.26. The number of rotatable bonds is 1. The molecule has 2 rings (SSSR count). The number of Topliss-reactive ketones (excluding diaryl/α,β-unsaturated/α-hetero) is 1. The van der Waals surface area contributed by atoms with Gasteiger partial charge in [0, 0.05) is 10.5 Å². The van der Waals surface area contributed by atoms with Crippen LogP contribution < -0.4 is 0 Å². The Morgan fingerprint density at radius 2 is 2.23 bits per heavy atom. The first-order valence-corrected chi connectivity index (χ1v) is 3.99. The summed E-state index contributed by atoms with van der Waals surface area (Å²) in [6, 6.07) is 6.83. The second-order valence-corrected chi connectivity index (χ2v) is 2.95. The zero-order valence-corrected chi connectivity index (χ0v) is 6.84. The van der Waals surface area contributed by atoms with E-state index in [1.807, 2.05) is 18.2 Å². The lowest BCUT2D eigenvalue weighted by Crippen LogP contribution is -2.11. The molecule has 1 unspecified atom stereocenters. The molecule has 0 saturated carbocycles. The maximum Gasteiger partial charge on any atom is 0.172 e. The lowest BCUT2D eigenvalue weighted by Gasteiger charge is -1.94. The van der Waals surface area contributed by atoms with Crippen LogP contribution in [0.4, 0.5) is 0 Å². The number of ketones is 1. The molecule has 1 aliphatic carbocycles. The molecule has 0 bridgehead atoms. The minimum Gasteiger partial charge on any atom is -0.294 e. The predicted molar refractivity (Wildman–Crippen MR) is 47.4 cm³/mol. The SMILES string of the molecule is [N-]=[N+]=NC1Cc2ccccc2C1=O. The summed E-state index contributed by atoms with van der Waals surface area (Å²) in [5.41, 5.74) is 9.90. The summed E-state index contributed by atoms with van der Waals surface area (Å²) >= 11 is 0. The van der Waals surface area contributed by atoms with Gasteiger partial charge < -0.3 is 0 Å². The van der Waals surface area contributed by atoms with Gasteiger partial charge in [-0.15, -0.1) is 0 Å². The normalized spacial score (nSPS) is 19.4. The summed E-state index contributed by atoms with van der Waals surface area (Å²) in [5.74, 6) is -0.0617. The first-order chi connectivity index (χ1) is 6.33. The molecule has 13 heavy (non-hydrogen) atoms. The Labute approximate surface area is 74.8 Å². The quantitative estimate of drug-likeness (QED) is 0.364. The molecule has 0 heterocycles. The number of carbonyl (C=O) groups is 1. The van der Waals surface area contributed by atoms with Crippen LogP contribution in [0.1, 0.15) is 15.9 Å². The first-order valence-electron chi connectivity index (χ1n) is 3.99. The van der Waals surface area contributed by atoms with Crippen molar-refractivity contribution in [2.24, 2.45) is 5.11 Å². The summed E-state index contributed by atoms with van der Waals surface area (Å²) in [7, 11) is 0. The maximum atomic E-state index is 11.5. The standard InChI is InChI=1S/C9H7N3O/c10-12-11-8-5-6-3-1-2-4-7(6)9(8)13/h1-4,8H,5H2.